The molecule has 0 aliphatic heterocycles. The van der Waals surface area contributed by atoms with Crippen LogP contribution in [0.2, 0.25) is 5.02 Å². The van der Waals surface area contributed by atoms with Gasteiger partial charge in [-0.05, 0) is 19.1 Å². The zero-order valence-electron chi connectivity index (χ0n) is 9.56. The Morgan fingerprint density at radius 2 is 2.28 bits per heavy atom. The Hall–Kier alpha value is -1.11. The lowest BCUT2D eigenvalue weighted by Crippen LogP contribution is -2.04. The van der Waals surface area contributed by atoms with Crippen LogP contribution in [0.1, 0.15) is 24.4 Å². The molecule has 2 aromatic rings. The third-order valence-electron chi connectivity index (χ3n) is 2.21. The summed E-state index contributed by atoms with van der Waals surface area (Å²) in [5, 5.41) is 8.33. The molecule has 1 unspecified atom stereocenters. The van der Waals surface area contributed by atoms with Crippen LogP contribution in [-0.2, 0) is 5.75 Å². The minimum Gasteiger partial charge on any atom is -0.414 e. The van der Waals surface area contributed by atoms with E-state index >= 15 is 0 Å². The molecule has 0 fully saturated rings. The molecule has 96 valence electrons. The molecule has 4 nitrogen and oxygen atoms in total. The molecule has 0 spiro atoms. The summed E-state index contributed by atoms with van der Waals surface area (Å²) < 4.78 is 18.8. The number of hydrogen-bond donors (Lipinski definition) is 1. The molecule has 1 aromatic heterocycles. The average molecular weight is 288 g/mol. The molecule has 7 heteroatoms. The van der Waals surface area contributed by atoms with Crippen molar-refractivity contribution < 1.29 is 8.81 Å². The van der Waals surface area contributed by atoms with Crippen molar-refractivity contribution in [2.75, 3.05) is 0 Å². The molecule has 2 N–H and O–H groups in total. The summed E-state index contributed by atoms with van der Waals surface area (Å²) in [6, 6.07) is 4.25. The zero-order chi connectivity index (χ0) is 13.1. The fraction of sp³-hybridized carbons (Fsp3) is 0.273. The quantitative estimate of drug-likeness (QED) is 0.875. The number of thioether (sulfide) groups is 1. The first kappa shape index (κ1) is 13.3. The normalized spacial score (nSPS) is 12.7. The summed E-state index contributed by atoms with van der Waals surface area (Å²) in [6.07, 6.45) is 0. The predicted molar refractivity (Wildman–Crippen MR) is 67.9 cm³/mol. The highest BCUT2D eigenvalue weighted by Gasteiger charge is 2.13. The van der Waals surface area contributed by atoms with Gasteiger partial charge in [0.25, 0.3) is 5.22 Å². The van der Waals surface area contributed by atoms with Gasteiger partial charge in [0, 0.05) is 16.3 Å². The highest BCUT2D eigenvalue weighted by Crippen LogP contribution is 2.28. The van der Waals surface area contributed by atoms with Crippen LogP contribution in [0.4, 0.5) is 4.39 Å². The van der Waals surface area contributed by atoms with Crippen LogP contribution >= 0.6 is 23.4 Å². The van der Waals surface area contributed by atoms with E-state index in [0.717, 1.165) is 0 Å². The Morgan fingerprint density at radius 1 is 1.50 bits per heavy atom. The van der Waals surface area contributed by atoms with Crippen molar-refractivity contribution in [3.05, 3.63) is 40.5 Å². The van der Waals surface area contributed by atoms with Gasteiger partial charge in [-0.3, -0.25) is 0 Å². The summed E-state index contributed by atoms with van der Waals surface area (Å²) in [6.45, 7) is 1.75. The first-order valence-electron chi connectivity index (χ1n) is 5.22. The molecule has 0 bridgehead atoms. The van der Waals surface area contributed by atoms with Gasteiger partial charge in [-0.15, -0.1) is 10.2 Å². The minimum atomic E-state index is -0.345. The van der Waals surface area contributed by atoms with Crippen molar-refractivity contribution in [2.24, 2.45) is 5.73 Å². The van der Waals surface area contributed by atoms with E-state index in [-0.39, 0.29) is 11.9 Å². The second kappa shape index (κ2) is 5.69. The summed E-state index contributed by atoms with van der Waals surface area (Å²) in [5.74, 6) is 0.339. The predicted octanol–water partition coefficient (Wildman–Crippen LogP) is 3.17. The number of hydrogen-bond acceptors (Lipinski definition) is 5. The SMILES string of the molecule is CC(N)c1nnc(SCc2c(F)cccc2Cl)o1. The van der Waals surface area contributed by atoms with E-state index < -0.39 is 0 Å². The van der Waals surface area contributed by atoms with Crippen LogP contribution in [0.5, 0.6) is 0 Å². The first-order valence-corrected chi connectivity index (χ1v) is 6.59. The molecular weight excluding hydrogens is 277 g/mol. The monoisotopic (exact) mass is 287 g/mol. The first-order chi connectivity index (χ1) is 8.58. The second-order valence-electron chi connectivity index (χ2n) is 3.68. The Balaban J connectivity index is 2.07. The van der Waals surface area contributed by atoms with Crippen molar-refractivity contribution in [3.63, 3.8) is 0 Å². The second-order valence-corrected chi connectivity index (χ2v) is 5.02. The highest BCUT2D eigenvalue weighted by atomic mass is 35.5. The molecule has 0 aliphatic rings. The van der Waals surface area contributed by atoms with Crippen LogP contribution in [-0.4, -0.2) is 10.2 Å². The van der Waals surface area contributed by atoms with Gasteiger partial charge < -0.3 is 10.2 Å². The maximum atomic E-state index is 13.5. The lowest BCUT2D eigenvalue weighted by Gasteiger charge is -2.03. The largest absolute Gasteiger partial charge is 0.414 e. The smallest absolute Gasteiger partial charge is 0.276 e. The molecule has 2 rings (SSSR count). The van der Waals surface area contributed by atoms with E-state index in [1.54, 1.807) is 19.1 Å². The van der Waals surface area contributed by atoms with Gasteiger partial charge in [-0.25, -0.2) is 4.39 Å². The molecule has 1 heterocycles. The van der Waals surface area contributed by atoms with Crippen LogP contribution < -0.4 is 5.73 Å². The number of halogens is 2. The molecular formula is C11H11ClFN3OS. The van der Waals surface area contributed by atoms with Crippen LogP contribution in [0.15, 0.2) is 27.8 Å². The van der Waals surface area contributed by atoms with Gasteiger partial charge in [0.2, 0.25) is 5.89 Å². The minimum absolute atomic E-state index is 0.316. The summed E-state index contributed by atoms with van der Waals surface area (Å²) in [4.78, 5) is 0. The van der Waals surface area contributed by atoms with Gasteiger partial charge in [0.1, 0.15) is 5.82 Å². The van der Waals surface area contributed by atoms with Crippen LogP contribution in [0, 0.1) is 5.82 Å². The topological polar surface area (TPSA) is 64.9 Å². The van der Waals surface area contributed by atoms with E-state index in [1.807, 2.05) is 0 Å². The number of nitrogens with zero attached hydrogens (tertiary/aromatic N) is 2. The Labute approximate surface area is 113 Å². The number of rotatable bonds is 4. The third kappa shape index (κ3) is 3.01. The number of nitrogens with two attached hydrogens (primary N) is 1. The molecule has 0 aliphatic carbocycles. The van der Waals surface area contributed by atoms with E-state index in [4.69, 9.17) is 21.8 Å². The Kier molecular flexibility index (Phi) is 4.21. The lowest BCUT2D eigenvalue weighted by atomic mass is 10.2. The Morgan fingerprint density at radius 3 is 2.89 bits per heavy atom. The Bertz CT molecular complexity index is 527. The maximum absolute atomic E-state index is 13.5. The van der Waals surface area contributed by atoms with E-state index in [2.05, 4.69) is 10.2 Å². The van der Waals surface area contributed by atoms with Crippen LogP contribution in [0.3, 0.4) is 0 Å². The van der Waals surface area contributed by atoms with Crippen molar-refractivity contribution in [2.45, 2.75) is 23.9 Å². The summed E-state index contributed by atoms with van der Waals surface area (Å²) in [7, 11) is 0. The maximum Gasteiger partial charge on any atom is 0.276 e. The molecule has 0 radical (unpaired) electrons. The molecule has 0 saturated heterocycles. The van der Waals surface area contributed by atoms with Crippen molar-refractivity contribution in [1.82, 2.24) is 10.2 Å². The van der Waals surface area contributed by atoms with Crippen molar-refractivity contribution >= 4 is 23.4 Å². The molecule has 1 aromatic carbocycles. The number of aromatic nitrogens is 2. The van der Waals surface area contributed by atoms with Crippen molar-refractivity contribution in [3.8, 4) is 0 Å². The van der Waals surface area contributed by atoms with Gasteiger partial charge >= 0.3 is 0 Å². The summed E-state index contributed by atoms with van der Waals surface area (Å²) in [5.41, 5.74) is 6.02. The molecule has 1 atom stereocenters. The van der Waals surface area contributed by atoms with E-state index in [1.165, 1.54) is 17.8 Å². The zero-order valence-corrected chi connectivity index (χ0v) is 11.1. The van der Waals surface area contributed by atoms with Gasteiger partial charge in [0.15, 0.2) is 0 Å². The fourth-order valence-corrected chi connectivity index (χ4v) is 2.38. The number of benzene rings is 1. The van der Waals surface area contributed by atoms with E-state index in [9.17, 15) is 4.39 Å². The van der Waals surface area contributed by atoms with Crippen LogP contribution in [0.25, 0.3) is 0 Å². The fourth-order valence-electron chi connectivity index (χ4n) is 1.27. The molecule has 18 heavy (non-hydrogen) atoms. The summed E-state index contributed by atoms with van der Waals surface area (Å²) >= 11 is 7.13. The molecule has 0 saturated carbocycles. The van der Waals surface area contributed by atoms with Gasteiger partial charge in [-0.1, -0.05) is 29.4 Å². The lowest BCUT2D eigenvalue weighted by molar-refractivity contribution is 0.394. The van der Waals surface area contributed by atoms with Gasteiger partial charge in [-0.2, -0.15) is 0 Å². The standard InChI is InChI=1S/C11H11ClFN3OS/c1-6(14)10-15-16-11(17-10)18-5-7-8(12)3-2-4-9(7)13/h2-4,6H,5,14H2,1H3. The van der Waals surface area contributed by atoms with Gasteiger partial charge in [0.05, 0.1) is 6.04 Å². The van der Waals surface area contributed by atoms with Crippen molar-refractivity contribution in [1.29, 1.82) is 0 Å². The van der Waals surface area contributed by atoms with E-state index in [0.29, 0.717) is 27.5 Å². The molecule has 0 amide bonds. The average Bonchev–Trinajstić information content (AvgIpc) is 2.77. The highest BCUT2D eigenvalue weighted by molar-refractivity contribution is 7.98. The third-order valence-corrected chi connectivity index (χ3v) is 3.41.